The number of anilines is 1. The van der Waals surface area contributed by atoms with Crippen molar-refractivity contribution in [3.63, 3.8) is 0 Å². The summed E-state index contributed by atoms with van der Waals surface area (Å²) in [6, 6.07) is 12.5. The quantitative estimate of drug-likeness (QED) is 0.824. The Morgan fingerprint density at radius 1 is 1.18 bits per heavy atom. The Kier molecular flexibility index (Phi) is 5.69. The number of hydrogen-bond acceptors (Lipinski definition) is 2. The van der Waals surface area contributed by atoms with Crippen molar-refractivity contribution in [2.75, 3.05) is 5.32 Å². The van der Waals surface area contributed by atoms with Gasteiger partial charge in [0.1, 0.15) is 5.75 Å². The zero-order valence-electron chi connectivity index (χ0n) is 12.4. The summed E-state index contributed by atoms with van der Waals surface area (Å²) in [7, 11) is 0. The molecule has 1 amide bonds. The van der Waals surface area contributed by atoms with Gasteiger partial charge in [-0.25, -0.2) is 0 Å². The molecule has 0 fully saturated rings. The minimum atomic E-state index is -0.599. The van der Waals surface area contributed by atoms with Gasteiger partial charge < -0.3 is 10.1 Å². The summed E-state index contributed by atoms with van der Waals surface area (Å²) in [5.74, 6) is 0.400. The van der Waals surface area contributed by atoms with Gasteiger partial charge in [-0.2, -0.15) is 0 Å². The largest absolute Gasteiger partial charge is 0.481 e. The molecule has 0 aliphatic rings. The number of benzene rings is 2. The lowest BCUT2D eigenvalue weighted by Gasteiger charge is -2.18. The highest BCUT2D eigenvalue weighted by Crippen LogP contribution is 2.26. The Balaban J connectivity index is 2.08. The van der Waals surface area contributed by atoms with Gasteiger partial charge in [0.25, 0.3) is 5.91 Å². The van der Waals surface area contributed by atoms with E-state index in [9.17, 15) is 4.79 Å². The molecule has 0 saturated carbocycles. The third-order valence-corrected chi connectivity index (χ3v) is 3.71. The van der Waals surface area contributed by atoms with E-state index in [1.807, 2.05) is 38.1 Å². The van der Waals surface area contributed by atoms with E-state index in [1.54, 1.807) is 18.2 Å². The summed E-state index contributed by atoms with van der Waals surface area (Å²) >= 11 is 12.0. The summed E-state index contributed by atoms with van der Waals surface area (Å²) < 4.78 is 5.73. The molecule has 5 heteroatoms. The number of carbonyl (C=O) groups excluding carboxylic acids is 1. The van der Waals surface area contributed by atoms with Gasteiger partial charge in [0.15, 0.2) is 6.10 Å². The monoisotopic (exact) mass is 337 g/mol. The SMILES string of the molecule is CCC(Oc1ccc(C)cc1)C(=O)Nc1cc(Cl)ccc1Cl. The third kappa shape index (κ3) is 4.39. The van der Waals surface area contributed by atoms with Gasteiger partial charge in [0, 0.05) is 5.02 Å². The smallest absolute Gasteiger partial charge is 0.265 e. The van der Waals surface area contributed by atoms with E-state index in [0.717, 1.165) is 5.56 Å². The van der Waals surface area contributed by atoms with E-state index in [2.05, 4.69) is 5.32 Å². The first-order chi connectivity index (χ1) is 10.5. The van der Waals surface area contributed by atoms with Crippen LogP contribution >= 0.6 is 23.2 Å². The molecule has 22 heavy (non-hydrogen) atoms. The van der Waals surface area contributed by atoms with Gasteiger partial charge in [0.2, 0.25) is 0 Å². The normalized spacial score (nSPS) is 11.8. The highest BCUT2D eigenvalue weighted by molar-refractivity contribution is 6.35. The molecule has 2 aromatic rings. The van der Waals surface area contributed by atoms with E-state index >= 15 is 0 Å². The van der Waals surface area contributed by atoms with Crippen LogP contribution in [0.25, 0.3) is 0 Å². The van der Waals surface area contributed by atoms with Gasteiger partial charge in [-0.1, -0.05) is 47.8 Å². The number of amides is 1. The maximum atomic E-state index is 12.3. The topological polar surface area (TPSA) is 38.3 Å². The van der Waals surface area contributed by atoms with E-state index < -0.39 is 6.10 Å². The standard InChI is InChI=1S/C17H17Cl2NO2/c1-3-16(22-13-7-4-11(2)5-8-13)17(21)20-15-10-12(18)6-9-14(15)19/h4-10,16H,3H2,1-2H3,(H,20,21). The van der Waals surface area contributed by atoms with E-state index in [1.165, 1.54) is 0 Å². The molecule has 0 radical (unpaired) electrons. The van der Waals surface area contributed by atoms with E-state index in [4.69, 9.17) is 27.9 Å². The second-order valence-corrected chi connectivity index (χ2v) is 5.78. The Bertz CT molecular complexity index is 656. The average Bonchev–Trinajstić information content (AvgIpc) is 2.50. The number of aryl methyl sites for hydroxylation is 1. The molecule has 0 heterocycles. The zero-order valence-corrected chi connectivity index (χ0v) is 13.9. The molecule has 0 bridgehead atoms. The van der Waals surface area contributed by atoms with Crippen molar-refractivity contribution >= 4 is 34.8 Å². The summed E-state index contributed by atoms with van der Waals surface area (Å²) in [5, 5.41) is 3.69. The fourth-order valence-corrected chi connectivity index (χ4v) is 2.25. The number of nitrogens with one attached hydrogen (secondary N) is 1. The Morgan fingerprint density at radius 3 is 2.50 bits per heavy atom. The molecule has 0 aliphatic carbocycles. The van der Waals surface area contributed by atoms with E-state index in [-0.39, 0.29) is 5.91 Å². The second-order valence-electron chi connectivity index (χ2n) is 4.94. The van der Waals surface area contributed by atoms with Crippen LogP contribution in [0, 0.1) is 6.92 Å². The fourth-order valence-electron chi connectivity index (χ4n) is 1.91. The van der Waals surface area contributed by atoms with E-state index in [0.29, 0.717) is 27.9 Å². The van der Waals surface area contributed by atoms with Crippen molar-refractivity contribution in [3.05, 3.63) is 58.1 Å². The van der Waals surface area contributed by atoms with Crippen molar-refractivity contribution in [3.8, 4) is 5.75 Å². The minimum absolute atomic E-state index is 0.257. The molecule has 2 aromatic carbocycles. The predicted octanol–water partition coefficient (Wildman–Crippen LogP) is 5.10. The highest BCUT2D eigenvalue weighted by atomic mass is 35.5. The lowest BCUT2D eigenvalue weighted by molar-refractivity contribution is -0.122. The van der Waals surface area contributed by atoms with Crippen LogP contribution in [0.4, 0.5) is 5.69 Å². The van der Waals surface area contributed by atoms with Crippen LogP contribution in [-0.2, 0) is 4.79 Å². The first kappa shape index (κ1) is 16.7. The summed E-state index contributed by atoms with van der Waals surface area (Å²) in [6.45, 7) is 3.88. The molecule has 2 rings (SSSR count). The predicted molar refractivity (Wildman–Crippen MR) is 91.0 cm³/mol. The molecule has 1 unspecified atom stereocenters. The van der Waals surface area contributed by atoms with Crippen molar-refractivity contribution in [1.29, 1.82) is 0 Å². The average molecular weight is 338 g/mol. The first-order valence-electron chi connectivity index (χ1n) is 6.99. The van der Waals surface area contributed by atoms with Crippen molar-refractivity contribution in [2.24, 2.45) is 0 Å². The van der Waals surface area contributed by atoms with Crippen LogP contribution in [0.1, 0.15) is 18.9 Å². The molecule has 0 aromatic heterocycles. The molecule has 116 valence electrons. The summed E-state index contributed by atoms with van der Waals surface area (Å²) in [6.07, 6.45) is -0.0597. The number of rotatable bonds is 5. The van der Waals surface area contributed by atoms with Crippen molar-refractivity contribution < 1.29 is 9.53 Å². The summed E-state index contributed by atoms with van der Waals surface area (Å²) in [4.78, 5) is 12.3. The maximum absolute atomic E-state index is 12.3. The number of hydrogen-bond donors (Lipinski definition) is 1. The van der Waals surface area contributed by atoms with Crippen molar-refractivity contribution in [1.82, 2.24) is 0 Å². The second kappa shape index (κ2) is 7.52. The summed E-state index contributed by atoms with van der Waals surface area (Å²) in [5.41, 5.74) is 1.61. The third-order valence-electron chi connectivity index (χ3n) is 3.15. The maximum Gasteiger partial charge on any atom is 0.265 e. The van der Waals surface area contributed by atoms with Gasteiger partial charge >= 0.3 is 0 Å². The van der Waals surface area contributed by atoms with Crippen LogP contribution in [0.2, 0.25) is 10.0 Å². The molecule has 0 saturated heterocycles. The first-order valence-corrected chi connectivity index (χ1v) is 7.74. The van der Waals surface area contributed by atoms with Crippen molar-refractivity contribution in [2.45, 2.75) is 26.4 Å². The molecule has 1 atom stereocenters. The minimum Gasteiger partial charge on any atom is -0.481 e. The van der Waals surface area contributed by atoms with Crippen LogP contribution < -0.4 is 10.1 Å². The van der Waals surface area contributed by atoms with Crippen LogP contribution in [-0.4, -0.2) is 12.0 Å². The molecule has 0 spiro atoms. The van der Waals surface area contributed by atoms with Gasteiger partial charge in [-0.15, -0.1) is 0 Å². The molecule has 1 N–H and O–H groups in total. The van der Waals surface area contributed by atoms with Crippen LogP contribution in [0.5, 0.6) is 5.75 Å². The molecular formula is C17H17Cl2NO2. The van der Waals surface area contributed by atoms with Gasteiger partial charge in [0.05, 0.1) is 10.7 Å². The fraction of sp³-hybridized carbons (Fsp3) is 0.235. The highest BCUT2D eigenvalue weighted by Gasteiger charge is 2.19. The number of carbonyl (C=O) groups is 1. The van der Waals surface area contributed by atoms with Crippen LogP contribution in [0.3, 0.4) is 0 Å². The zero-order chi connectivity index (χ0) is 16.1. The molecular weight excluding hydrogens is 321 g/mol. The Hall–Kier alpha value is -1.71. The van der Waals surface area contributed by atoms with Crippen LogP contribution in [0.15, 0.2) is 42.5 Å². The Morgan fingerprint density at radius 2 is 1.86 bits per heavy atom. The Labute approximate surface area is 140 Å². The van der Waals surface area contributed by atoms with Gasteiger partial charge in [-0.05, 0) is 43.7 Å². The lowest BCUT2D eigenvalue weighted by Crippen LogP contribution is -2.32. The lowest BCUT2D eigenvalue weighted by atomic mass is 10.2. The number of halogens is 2. The number of ether oxygens (including phenoxy) is 1. The van der Waals surface area contributed by atoms with Gasteiger partial charge in [-0.3, -0.25) is 4.79 Å². The molecule has 3 nitrogen and oxygen atoms in total. The molecule has 0 aliphatic heterocycles.